The average molecular weight is 461 g/mol. The fourth-order valence-corrected chi connectivity index (χ4v) is 3.61. The summed E-state index contributed by atoms with van der Waals surface area (Å²) in [5, 5.41) is 36.5. The number of morpholine rings is 1. The quantitative estimate of drug-likeness (QED) is 0.228. The lowest BCUT2D eigenvalue weighted by Gasteiger charge is -2.31. The van der Waals surface area contributed by atoms with Crippen molar-refractivity contribution >= 4 is 5.87 Å². The van der Waals surface area contributed by atoms with E-state index >= 15 is 0 Å². The number of ether oxygens (including phenoxy) is 1. The highest BCUT2D eigenvalue weighted by atomic mass is 16.5. The Bertz CT molecular complexity index is 1230. The van der Waals surface area contributed by atoms with E-state index in [2.05, 4.69) is 20.7 Å². The van der Waals surface area contributed by atoms with Crippen LogP contribution in [0, 0.1) is 47.1 Å². The molecule has 1 saturated heterocycles. The molecule has 1 heterocycles. The van der Waals surface area contributed by atoms with Gasteiger partial charge in [-0.2, -0.15) is 10.5 Å². The van der Waals surface area contributed by atoms with Gasteiger partial charge >= 0.3 is 6.04 Å². The lowest BCUT2D eigenvalue weighted by atomic mass is 10.1. The zero-order valence-electron chi connectivity index (χ0n) is 19.1. The lowest BCUT2D eigenvalue weighted by Crippen LogP contribution is -2.36. The van der Waals surface area contributed by atoms with Gasteiger partial charge in [0.25, 0.3) is 5.70 Å². The van der Waals surface area contributed by atoms with Crippen LogP contribution in [0.25, 0.3) is 15.1 Å². The van der Waals surface area contributed by atoms with E-state index in [9.17, 15) is 10.7 Å². The summed E-state index contributed by atoms with van der Waals surface area (Å²) in [6, 6.07) is 4.82. The molecule has 0 saturated carbocycles. The molecule has 1 atom stereocenters. The van der Waals surface area contributed by atoms with Crippen molar-refractivity contribution in [1.82, 2.24) is 4.90 Å². The van der Waals surface area contributed by atoms with Gasteiger partial charge in [0.05, 0.1) is 38.3 Å². The number of rotatable bonds is 8. The summed E-state index contributed by atoms with van der Waals surface area (Å²) < 4.78 is 5.49. The molecule has 0 bridgehead atoms. The van der Waals surface area contributed by atoms with Crippen LogP contribution in [0.1, 0.15) is 19.3 Å². The van der Waals surface area contributed by atoms with Crippen molar-refractivity contribution in [2.75, 3.05) is 26.3 Å². The van der Waals surface area contributed by atoms with E-state index in [0.29, 0.717) is 18.8 Å². The highest BCUT2D eigenvalue weighted by Gasteiger charge is 2.24. The van der Waals surface area contributed by atoms with E-state index in [1.165, 1.54) is 6.08 Å². The first-order chi connectivity index (χ1) is 17.1. The summed E-state index contributed by atoms with van der Waals surface area (Å²) in [6.45, 7) is 16.7. The Balaban J connectivity index is 2.34. The molecule has 1 aliphatic carbocycles. The van der Waals surface area contributed by atoms with Crippen molar-refractivity contribution < 1.29 is 4.74 Å². The van der Waals surface area contributed by atoms with Crippen molar-refractivity contribution in [2.45, 2.75) is 25.3 Å². The third-order valence-corrected chi connectivity index (χ3v) is 5.29. The van der Waals surface area contributed by atoms with E-state index in [4.69, 9.17) is 28.4 Å². The molecule has 0 aromatic heterocycles. The Morgan fingerprint density at radius 2 is 1.91 bits per heavy atom. The third kappa shape index (κ3) is 7.87. The summed E-state index contributed by atoms with van der Waals surface area (Å²) in [5.41, 5.74) is 3.72. The van der Waals surface area contributed by atoms with Crippen molar-refractivity contribution in [3.8, 4) is 18.2 Å². The molecule has 0 amide bonds. The maximum atomic E-state index is 9.33. The van der Waals surface area contributed by atoms with Gasteiger partial charge in [-0.1, -0.05) is 30.4 Å². The highest BCUT2D eigenvalue weighted by molar-refractivity contribution is 5.70. The first-order valence-corrected chi connectivity index (χ1v) is 10.8. The fourth-order valence-electron chi connectivity index (χ4n) is 3.61. The first-order valence-electron chi connectivity index (χ1n) is 10.8. The first kappa shape index (κ1) is 26.4. The predicted octanol–water partition coefficient (Wildman–Crippen LogP) is 4.55. The van der Waals surface area contributed by atoms with Gasteiger partial charge in [0.1, 0.15) is 0 Å². The van der Waals surface area contributed by atoms with Crippen LogP contribution in [0.4, 0.5) is 0 Å². The van der Waals surface area contributed by atoms with E-state index in [-0.39, 0.29) is 17.7 Å². The average Bonchev–Trinajstić information content (AvgIpc) is 3.31. The summed E-state index contributed by atoms with van der Waals surface area (Å²) in [6.07, 6.45) is 13.6. The van der Waals surface area contributed by atoms with Crippen LogP contribution in [0.15, 0.2) is 76.2 Å². The molecule has 35 heavy (non-hydrogen) atoms. The van der Waals surface area contributed by atoms with Crippen LogP contribution in [0.3, 0.4) is 0 Å². The molecular formula is C27H22N7O-. The summed E-state index contributed by atoms with van der Waals surface area (Å²) in [7, 11) is 0. The monoisotopic (exact) mass is 460 g/mol. The topological polar surface area (TPSA) is 115 Å². The Morgan fingerprint density at radius 1 is 1.14 bits per heavy atom. The van der Waals surface area contributed by atoms with Crippen molar-refractivity contribution in [3.05, 3.63) is 104 Å². The summed E-state index contributed by atoms with van der Waals surface area (Å²) in [4.78, 5) is 8.55. The molecule has 1 unspecified atom stereocenters. The van der Waals surface area contributed by atoms with Gasteiger partial charge in [0, 0.05) is 24.4 Å². The van der Waals surface area contributed by atoms with Gasteiger partial charge in [-0.05, 0) is 41.7 Å². The molecule has 2 rings (SSSR count). The lowest BCUT2D eigenvalue weighted by molar-refractivity contribution is 0.0547. The second-order valence-electron chi connectivity index (χ2n) is 7.49. The second kappa shape index (κ2) is 14.3. The smallest absolute Gasteiger partial charge is 0.311 e. The minimum atomic E-state index is -0.866. The van der Waals surface area contributed by atoms with E-state index in [1.807, 2.05) is 24.1 Å². The van der Waals surface area contributed by atoms with Crippen molar-refractivity contribution in [1.29, 1.82) is 15.8 Å². The standard InChI is InChI=1S/C27H22N7O/c1-32-25(19-30)15-21(17-28)5-3-7-23-9-10-24(27(23)34-11-13-35-14-12-34)8-4-6-22(18-29)16-26(20-31)33-2/h3-8,15,26H,9-14,16H2/q-1. The van der Waals surface area contributed by atoms with Gasteiger partial charge in [-0.25, -0.2) is 16.7 Å². The second-order valence-corrected chi connectivity index (χ2v) is 7.49. The Labute approximate surface area is 205 Å². The molecule has 0 aromatic carbocycles. The van der Waals surface area contributed by atoms with Gasteiger partial charge in [0.15, 0.2) is 6.07 Å². The van der Waals surface area contributed by atoms with Crippen molar-refractivity contribution in [2.24, 2.45) is 0 Å². The number of hydrogen-bond acceptors (Lipinski definition) is 5. The van der Waals surface area contributed by atoms with E-state index in [0.717, 1.165) is 42.8 Å². The molecule has 0 spiro atoms. The van der Waals surface area contributed by atoms with Crippen LogP contribution in [0.2, 0.25) is 0 Å². The Kier molecular flexibility index (Phi) is 10.8. The van der Waals surface area contributed by atoms with Gasteiger partial charge < -0.3 is 15.0 Å². The molecule has 0 N–H and O–H groups in total. The van der Waals surface area contributed by atoms with Crippen LogP contribution in [0.5, 0.6) is 0 Å². The third-order valence-electron chi connectivity index (χ3n) is 5.29. The molecule has 0 aromatic rings. The molecule has 0 radical (unpaired) electrons. The summed E-state index contributed by atoms with van der Waals surface area (Å²) in [5.74, 6) is 1.98. The van der Waals surface area contributed by atoms with Gasteiger partial charge in [-0.15, -0.1) is 0 Å². The minimum absolute atomic E-state index is 0.0966. The number of nitriles is 3. The van der Waals surface area contributed by atoms with Crippen LogP contribution >= 0.6 is 0 Å². The number of allylic oxidation sites excluding steroid dienone is 11. The molecular weight excluding hydrogens is 438 g/mol. The molecule has 1 aliphatic heterocycles. The van der Waals surface area contributed by atoms with Gasteiger partial charge in [-0.3, -0.25) is 10.7 Å². The SMILES string of the molecule is [C-]#[N+]C(C#N)=CC(=C=[N-])C=CC=C1CCC(C=CC=C(C#N)CC(C#N)[N+]#[C-])=C1N1CCOCC1. The van der Waals surface area contributed by atoms with Crippen LogP contribution in [-0.2, 0) is 4.74 Å². The van der Waals surface area contributed by atoms with Crippen LogP contribution in [-0.4, -0.2) is 43.1 Å². The maximum Gasteiger partial charge on any atom is 0.311 e. The molecule has 8 nitrogen and oxygen atoms in total. The molecule has 2 aliphatic rings. The zero-order valence-corrected chi connectivity index (χ0v) is 19.1. The van der Waals surface area contributed by atoms with E-state index in [1.54, 1.807) is 30.4 Å². The number of hydrogen-bond donors (Lipinski definition) is 0. The van der Waals surface area contributed by atoms with Gasteiger partial charge in [0.2, 0.25) is 0 Å². The largest absolute Gasteiger partial charge is 0.763 e. The Hall–Kier alpha value is -4.90. The normalized spacial score (nSPS) is 18.5. The number of nitrogens with zero attached hydrogens (tertiary/aromatic N) is 7. The summed E-state index contributed by atoms with van der Waals surface area (Å²) >= 11 is 0. The predicted molar refractivity (Wildman–Crippen MR) is 132 cm³/mol. The Morgan fingerprint density at radius 3 is 2.51 bits per heavy atom. The molecule has 1 fully saturated rings. The highest BCUT2D eigenvalue weighted by Crippen LogP contribution is 2.35. The van der Waals surface area contributed by atoms with Crippen molar-refractivity contribution in [3.63, 3.8) is 0 Å². The molecule has 172 valence electrons. The fraction of sp³-hybridized carbons (Fsp3) is 0.296. The maximum absolute atomic E-state index is 9.33. The van der Waals surface area contributed by atoms with E-state index < -0.39 is 6.04 Å². The molecule has 8 heteroatoms. The van der Waals surface area contributed by atoms with Crippen LogP contribution < -0.4 is 0 Å². The minimum Gasteiger partial charge on any atom is -0.763 e. The zero-order chi connectivity index (χ0) is 25.5.